The highest BCUT2D eigenvalue weighted by Crippen LogP contribution is 2.63. The number of Topliss-reactive ketones (excluding diaryl/α,β-unsaturated/α-hetero) is 1. The summed E-state index contributed by atoms with van der Waals surface area (Å²) in [5, 5.41) is 0. The predicted molar refractivity (Wildman–Crippen MR) is 103 cm³/mol. The Morgan fingerprint density at radius 3 is 2.39 bits per heavy atom. The molecule has 0 aliphatic heterocycles. The first-order valence-electron chi connectivity index (χ1n) is 10.8. The minimum Gasteiger partial charge on any atom is -0.463 e. The first-order valence-corrected chi connectivity index (χ1v) is 10.8. The molecule has 4 rings (SSSR count). The summed E-state index contributed by atoms with van der Waals surface area (Å²) in [6, 6.07) is 0. The average molecular weight is 389 g/mol. The summed E-state index contributed by atoms with van der Waals surface area (Å²) in [6.07, 6.45) is 6.73. The molecule has 0 amide bonds. The van der Waals surface area contributed by atoms with Crippen molar-refractivity contribution in [1.82, 2.24) is 0 Å². The minimum absolute atomic E-state index is 0.0125. The Kier molecular flexibility index (Phi) is 4.71. The number of hydrogen-bond donors (Lipinski definition) is 0. The second-order valence-corrected chi connectivity index (χ2v) is 9.89. The highest BCUT2D eigenvalue weighted by Gasteiger charge is 2.59. The maximum absolute atomic E-state index is 13.4. The van der Waals surface area contributed by atoms with E-state index in [4.69, 9.17) is 9.47 Å². The van der Waals surface area contributed by atoms with Gasteiger partial charge < -0.3 is 9.47 Å². The topological polar surface area (TPSA) is 69.7 Å². The molecule has 0 aromatic rings. The summed E-state index contributed by atoms with van der Waals surface area (Å²) in [5.74, 6) is 0.526. The van der Waals surface area contributed by atoms with Gasteiger partial charge in [-0.1, -0.05) is 19.4 Å². The van der Waals surface area contributed by atoms with Crippen LogP contribution in [0.1, 0.15) is 79.1 Å². The molecule has 154 valence electrons. The average Bonchev–Trinajstić information content (AvgIpc) is 2.90. The lowest BCUT2D eigenvalue weighted by Crippen LogP contribution is -2.50. The van der Waals surface area contributed by atoms with Gasteiger partial charge in [0.15, 0.2) is 5.78 Å². The number of rotatable bonds is 2. The minimum atomic E-state index is -0.264. The van der Waals surface area contributed by atoms with Crippen LogP contribution in [0, 0.1) is 22.7 Å². The molecule has 0 aromatic heterocycles. The highest BCUT2D eigenvalue weighted by atomic mass is 16.5. The lowest BCUT2D eigenvalue weighted by Gasteiger charge is -2.53. The van der Waals surface area contributed by atoms with E-state index in [0.717, 1.165) is 50.5 Å². The van der Waals surface area contributed by atoms with Crippen LogP contribution in [-0.4, -0.2) is 29.9 Å². The van der Waals surface area contributed by atoms with Crippen LogP contribution in [0.5, 0.6) is 0 Å². The summed E-state index contributed by atoms with van der Waals surface area (Å²) in [6.45, 7) is 7.33. The summed E-state index contributed by atoms with van der Waals surface area (Å²) < 4.78 is 11.1. The van der Waals surface area contributed by atoms with E-state index in [1.54, 1.807) is 0 Å². The van der Waals surface area contributed by atoms with Crippen LogP contribution >= 0.6 is 0 Å². The molecule has 0 bridgehead atoms. The monoisotopic (exact) mass is 388 g/mol. The first-order chi connectivity index (χ1) is 13.1. The molecule has 28 heavy (non-hydrogen) atoms. The summed E-state index contributed by atoms with van der Waals surface area (Å²) >= 11 is 0. The second kappa shape index (κ2) is 6.70. The van der Waals surface area contributed by atoms with E-state index >= 15 is 0 Å². The third-order valence-electron chi connectivity index (χ3n) is 8.22. The number of ether oxygens (including phenoxy) is 2. The van der Waals surface area contributed by atoms with Gasteiger partial charge in [-0.2, -0.15) is 0 Å². The third-order valence-corrected chi connectivity index (χ3v) is 8.22. The van der Waals surface area contributed by atoms with Gasteiger partial charge in [0.1, 0.15) is 12.2 Å². The Morgan fingerprint density at radius 2 is 1.71 bits per heavy atom. The maximum Gasteiger partial charge on any atom is 0.302 e. The van der Waals surface area contributed by atoms with Crippen LogP contribution in [0.4, 0.5) is 0 Å². The zero-order valence-electron chi connectivity index (χ0n) is 17.5. The number of fused-ring (bicyclic) bond motifs is 4. The molecule has 4 aliphatic carbocycles. The molecule has 6 atom stereocenters. The number of esters is 2. The number of ketones is 1. The van der Waals surface area contributed by atoms with Crippen LogP contribution in [0.3, 0.4) is 0 Å². The molecule has 2 fully saturated rings. The SMILES string of the molecule is CC(=O)O[C@@H]1CC[C@]2(C)C3=C(CC[C@H]2C1)[C@@H]1CC[C@H](OC(C)=O)[C@]1(C)CC3=O. The molecule has 4 aliphatic rings. The van der Waals surface area contributed by atoms with Crippen LogP contribution in [0.15, 0.2) is 11.1 Å². The zero-order valence-corrected chi connectivity index (χ0v) is 17.5. The number of allylic oxidation sites excluding steroid dienone is 2. The number of carbonyl (C=O) groups excluding carboxylic acids is 3. The van der Waals surface area contributed by atoms with E-state index in [0.29, 0.717) is 18.3 Å². The van der Waals surface area contributed by atoms with Crippen molar-refractivity contribution < 1.29 is 23.9 Å². The Bertz CT molecular complexity index is 752. The summed E-state index contributed by atoms with van der Waals surface area (Å²) in [5.41, 5.74) is 2.05. The van der Waals surface area contributed by atoms with E-state index in [9.17, 15) is 14.4 Å². The van der Waals surface area contributed by atoms with E-state index in [1.807, 2.05) is 0 Å². The van der Waals surface area contributed by atoms with Gasteiger partial charge >= 0.3 is 11.9 Å². The fourth-order valence-corrected chi connectivity index (χ4v) is 6.97. The molecule has 0 unspecified atom stereocenters. The Hall–Kier alpha value is -1.65. The molecular weight excluding hydrogens is 356 g/mol. The van der Waals surface area contributed by atoms with Gasteiger partial charge in [-0.25, -0.2) is 0 Å². The highest BCUT2D eigenvalue weighted by molar-refractivity contribution is 5.99. The van der Waals surface area contributed by atoms with Crippen molar-refractivity contribution in [1.29, 1.82) is 0 Å². The molecule has 2 saturated carbocycles. The van der Waals surface area contributed by atoms with E-state index in [2.05, 4.69) is 13.8 Å². The van der Waals surface area contributed by atoms with Crippen molar-refractivity contribution in [3.05, 3.63) is 11.1 Å². The molecular formula is C23H32O5. The number of carbonyl (C=O) groups is 3. The van der Waals surface area contributed by atoms with Crippen LogP contribution in [0.2, 0.25) is 0 Å². The number of hydrogen-bond acceptors (Lipinski definition) is 5. The molecule has 0 saturated heterocycles. The Balaban J connectivity index is 1.65. The van der Waals surface area contributed by atoms with Crippen molar-refractivity contribution >= 4 is 17.7 Å². The Morgan fingerprint density at radius 1 is 1.00 bits per heavy atom. The van der Waals surface area contributed by atoms with Crippen LogP contribution in [-0.2, 0) is 23.9 Å². The quantitative estimate of drug-likeness (QED) is 0.665. The Labute approximate surface area is 167 Å². The first kappa shape index (κ1) is 19.7. The van der Waals surface area contributed by atoms with Gasteiger partial charge in [-0.15, -0.1) is 0 Å². The third kappa shape index (κ3) is 2.93. The van der Waals surface area contributed by atoms with Crippen molar-refractivity contribution in [2.75, 3.05) is 0 Å². The van der Waals surface area contributed by atoms with Crippen LogP contribution in [0.25, 0.3) is 0 Å². The van der Waals surface area contributed by atoms with Gasteiger partial charge in [0.25, 0.3) is 0 Å². The molecule has 0 radical (unpaired) electrons. The lowest BCUT2D eigenvalue weighted by atomic mass is 9.51. The fourth-order valence-electron chi connectivity index (χ4n) is 6.97. The van der Waals surface area contributed by atoms with Gasteiger partial charge in [0.2, 0.25) is 0 Å². The molecule has 5 heteroatoms. The smallest absolute Gasteiger partial charge is 0.302 e. The predicted octanol–water partition coefficient (Wildman–Crippen LogP) is 4.14. The standard InChI is InChI=1S/C23H32O5/c1-13(24)27-16-9-10-22(3)15(11-16)5-6-17-18-7-8-20(28-14(2)25)23(18,4)12-19(26)21(17)22/h15-16,18,20H,5-12H2,1-4H3/t15-,16+,18-,20-,22-,23+/m0/s1. The van der Waals surface area contributed by atoms with Gasteiger partial charge in [-0.05, 0) is 62.2 Å². The normalized spacial score (nSPS) is 42.4. The van der Waals surface area contributed by atoms with Gasteiger partial charge in [0, 0.05) is 31.3 Å². The van der Waals surface area contributed by atoms with Crippen molar-refractivity contribution in [3.63, 3.8) is 0 Å². The van der Waals surface area contributed by atoms with Crippen molar-refractivity contribution in [2.45, 2.75) is 91.3 Å². The van der Waals surface area contributed by atoms with Crippen LogP contribution < -0.4 is 0 Å². The molecule has 0 N–H and O–H groups in total. The van der Waals surface area contributed by atoms with Crippen molar-refractivity contribution in [3.8, 4) is 0 Å². The summed E-state index contributed by atoms with van der Waals surface area (Å²) in [7, 11) is 0. The molecule has 0 aromatic carbocycles. The van der Waals surface area contributed by atoms with Crippen molar-refractivity contribution in [2.24, 2.45) is 22.7 Å². The molecule has 0 spiro atoms. The zero-order chi connectivity index (χ0) is 20.3. The lowest BCUT2D eigenvalue weighted by molar-refractivity contribution is -0.154. The van der Waals surface area contributed by atoms with Gasteiger partial charge in [-0.3, -0.25) is 14.4 Å². The van der Waals surface area contributed by atoms with E-state index < -0.39 is 0 Å². The molecule has 0 heterocycles. The molecule has 5 nitrogen and oxygen atoms in total. The van der Waals surface area contributed by atoms with E-state index in [1.165, 1.54) is 19.4 Å². The maximum atomic E-state index is 13.4. The van der Waals surface area contributed by atoms with E-state index in [-0.39, 0.29) is 40.8 Å². The second-order valence-electron chi connectivity index (χ2n) is 9.89. The fraction of sp³-hybridized carbons (Fsp3) is 0.783. The van der Waals surface area contributed by atoms with Gasteiger partial charge in [0.05, 0.1) is 0 Å². The summed E-state index contributed by atoms with van der Waals surface area (Å²) in [4.78, 5) is 36.4. The largest absolute Gasteiger partial charge is 0.463 e.